The van der Waals surface area contributed by atoms with Crippen LogP contribution in [0.5, 0.6) is 0 Å². The molecule has 2 N–H and O–H groups in total. The highest BCUT2D eigenvalue weighted by Crippen LogP contribution is 2.31. The molecular weight excluding hydrogens is 245 g/mol. The van der Waals surface area contributed by atoms with Gasteiger partial charge in [0.15, 0.2) is 0 Å². The van der Waals surface area contributed by atoms with Gasteiger partial charge in [-0.3, -0.25) is 9.78 Å². The Hall–Kier alpha value is -2.11. The molecule has 2 aromatic rings. The Morgan fingerprint density at radius 3 is 2.56 bits per heavy atom. The summed E-state index contributed by atoms with van der Waals surface area (Å²) in [5.41, 5.74) is 5.14. The summed E-state index contributed by atoms with van der Waals surface area (Å²) in [6.45, 7) is 0. The van der Waals surface area contributed by atoms with Crippen LogP contribution in [-0.4, -0.2) is 10.9 Å². The van der Waals surface area contributed by atoms with E-state index in [2.05, 4.69) is 4.98 Å². The number of fused-ring (bicyclic) bond motifs is 1. The molecular formula is C12H9F3N2O. The Kier molecular flexibility index (Phi) is 2.94. The van der Waals surface area contributed by atoms with Crippen molar-refractivity contribution in [2.45, 2.75) is 12.6 Å². The maximum absolute atomic E-state index is 12.5. The fraction of sp³-hybridized carbons (Fsp3) is 0.167. The summed E-state index contributed by atoms with van der Waals surface area (Å²) in [7, 11) is 0. The minimum atomic E-state index is -4.37. The van der Waals surface area contributed by atoms with Crippen molar-refractivity contribution in [1.82, 2.24) is 4.98 Å². The van der Waals surface area contributed by atoms with E-state index in [0.29, 0.717) is 16.6 Å². The van der Waals surface area contributed by atoms with Crippen LogP contribution in [0.15, 0.2) is 30.3 Å². The fourth-order valence-electron chi connectivity index (χ4n) is 1.62. The molecule has 0 radical (unpaired) electrons. The van der Waals surface area contributed by atoms with Gasteiger partial charge in [-0.2, -0.15) is 13.2 Å². The van der Waals surface area contributed by atoms with Crippen LogP contribution in [0.25, 0.3) is 10.9 Å². The molecule has 0 aliphatic heterocycles. The van der Waals surface area contributed by atoms with Crippen molar-refractivity contribution < 1.29 is 18.0 Å². The number of alkyl halides is 3. The van der Waals surface area contributed by atoms with Crippen LogP contribution in [-0.2, 0) is 17.4 Å². The maximum atomic E-state index is 12.5. The summed E-state index contributed by atoms with van der Waals surface area (Å²) < 4.78 is 37.5. The fourth-order valence-corrected chi connectivity index (χ4v) is 1.62. The second-order valence-corrected chi connectivity index (χ2v) is 3.85. The highest BCUT2D eigenvalue weighted by Gasteiger charge is 2.30. The number of carbonyl (C=O) groups excluding carboxylic acids is 1. The average Bonchev–Trinajstić information content (AvgIpc) is 2.26. The molecule has 0 saturated carbocycles. The van der Waals surface area contributed by atoms with Gasteiger partial charge in [-0.1, -0.05) is 6.07 Å². The number of halogens is 3. The van der Waals surface area contributed by atoms with E-state index in [1.54, 1.807) is 0 Å². The Bertz CT molecular complexity index is 608. The zero-order chi connectivity index (χ0) is 13.3. The molecule has 1 heterocycles. The number of hydrogen-bond donors (Lipinski definition) is 1. The Morgan fingerprint density at radius 1 is 1.22 bits per heavy atom. The van der Waals surface area contributed by atoms with E-state index in [4.69, 9.17) is 5.73 Å². The molecule has 94 valence electrons. The SMILES string of the molecule is NC(=O)Cc1ccc2cc(C(F)(F)F)ccc2n1. The van der Waals surface area contributed by atoms with Crippen LogP contribution in [0.3, 0.4) is 0 Å². The van der Waals surface area contributed by atoms with Gasteiger partial charge >= 0.3 is 6.18 Å². The molecule has 1 aromatic heterocycles. The lowest BCUT2D eigenvalue weighted by atomic mass is 10.1. The van der Waals surface area contributed by atoms with Gasteiger partial charge in [0.05, 0.1) is 23.2 Å². The van der Waals surface area contributed by atoms with Crippen molar-refractivity contribution in [3.05, 3.63) is 41.6 Å². The van der Waals surface area contributed by atoms with E-state index in [9.17, 15) is 18.0 Å². The first-order valence-electron chi connectivity index (χ1n) is 5.11. The van der Waals surface area contributed by atoms with Crippen LogP contribution in [0.2, 0.25) is 0 Å². The van der Waals surface area contributed by atoms with Crippen molar-refractivity contribution in [2.24, 2.45) is 5.73 Å². The number of amides is 1. The van der Waals surface area contributed by atoms with Gasteiger partial charge in [0.2, 0.25) is 5.91 Å². The number of benzene rings is 1. The molecule has 0 saturated heterocycles. The topological polar surface area (TPSA) is 56.0 Å². The molecule has 6 heteroatoms. The van der Waals surface area contributed by atoms with Crippen LogP contribution in [0, 0.1) is 0 Å². The van der Waals surface area contributed by atoms with Crippen molar-refractivity contribution in [3.8, 4) is 0 Å². The highest BCUT2D eigenvalue weighted by atomic mass is 19.4. The van der Waals surface area contributed by atoms with Crippen LogP contribution in [0.4, 0.5) is 13.2 Å². The molecule has 0 unspecified atom stereocenters. The summed E-state index contributed by atoms with van der Waals surface area (Å²) in [6.07, 6.45) is -4.41. The summed E-state index contributed by atoms with van der Waals surface area (Å²) >= 11 is 0. The lowest BCUT2D eigenvalue weighted by Crippen LogP contribution is -2.14. The minimum Gasteiger partial charge on any atom is -0.369 e. The smallest absolute Gasteiger partial charge is 0.369 e. The first-order valence-corrected chi connectivity index (χ1v) is 5.11. The molecule has 0 spiro atoms. The standard InChI is InChI=1S/C12H9F3N2O/c13-12(14,15)8-2-4-10-7(5-8)1-3-9(17-10)6-11(16)18/h1-5H,6H2,(H2,16,18). The zero-order valence-electron chi connectivity index (χ0n) is 9.16. The van der Waals surface area contributed by atoms with Gasteiger partial charge in [-0.15, -0.1) is 0 Å². The van der Waals surface area contributed by atoms with E-state index < -0.39 is 17.6 Å². The number of hydrogen-bond acceptors (Lipinski definition) is 2. The number of nitrogens with zero attached hydrogens (tertiary/aromatic N) is 1. The third kappa shape index (κ3) is 2.58. The number of aromatic nitrogens is 1. The van der Waals surface area contributed by atoms with E-state index in [1.807, 2.05) is 0 Å². The lowest BCUT2D eigenvalue weighted by molar-refractivity contribution is -0.137. The highest BCUT2D eigenvalue weighted by molar-refractivity contribution is 5.81. The monoisotopic (exact) mass is 254 g/mol. The van der Waals surface area contributed by atoms with Gasteiger partial charge in [0.25, 0.3) is 0 Å². The first kappa shape index (κ1) is 12.3. The van der Waals surface area contributed by atoms with Crippen LogP contribution in [0.1, 0.15) is 11.3 Å². The largest absolute Gasteiger partial charge is 0.416 e. The van der Waals surface area contributed by atoms with Gasteiger partial charge in [0.1, 0.15) is 0 Å². The molecule has 2 rings (SSSR count). The molecule has 0 bridgehead atoms. The molecule has 0 aliphatic rings. The van der Waals surface area contributed by atoms with E-state index in [0.717, 1.165) is 12.1 Å². The summed E-state index contributed by atoms with van der Waals surface area (Å²) in [6, 6.07) is 6.26. The van der Waals surface area contributed by atoms with E-state index in [1.165, 1.54) is 18.2 Å². The van der Waals surface area contributed by atoms with E-state index >= 15 is 0 Å². The molecule has 0 fully saturated rings. The lowest BCUT2D eigenvalue weighted by Gasteiger charge is -2.07. The van der Waals surface area contributed by atoms with Crippen molar-refractivity contribution in [1.29, 1.82) is 0 Å². The summed E-state index contributed by atoms with van der Waals surface area (Å²) in [5.74, 6) is -0.534. The number of primary amides is 1. The molecule has 1 aromatic carbocycles. The number of pyridine rings is 1. The Labute approximate surface area is 100 Å². The third-order valence-corrected chi connectivity index (χ3v) is 2.43. The predicted octanol–water partition coefficient (Wildman–Crippen LogP) is 2.28. The van der Waals surface area contributed by atoms with Gasteiger partial charge in [-0.05, 0) is 24.3 Å². The molecule has 18 heavy (non-hydrogen) atoms. The van der Waals surface area contributed by atoms with Gasteiger partial charge < -0.3 is 5.73 Å². The first-order chi connectivity index (χ1) is 8.36. The van der Waals surface area contributed by atoms with Crippen LogP contribution >= 0.6 is 0 Å². The second-order valence-electron chi connectivity index (χ2n) is 3.85. The normalized spacial score (nSPS) is 11.7. The third-order valence-electron chi connectivity index (χ3n) is 2.43. The summed E-state index contributed by atoms with van der Waals surface area (Å²) in [4.78, 5) is 14.8. The number of rotatable bonds is 2. The van der Waals surface area contributed by atoms with Crippen molar-refractivity contribution in [3.63, 3.8) is 0 Å². The maximum Gasteiger partial charge on any atom is 0.416 e. The average molecular weight is 254 g/mol. The van der Waals surface area contributed by atoms with Crippen molar-refractivity contribution in [2.75, 3.05) is 0 Å². The van der Waals surface area contributed by atoms with E-state index in [-0.39, 0.29) is 6.42 Å². The number of nitrogens with two attached hydrogens (primary N) is 1. The van der Waals surface area contributed by atoms with Crippen molar-refractivity contribution >= 4 is 16.8 Å². The quantitative estimate of drug-likeness (QED) is 0.893. The molecule has 3 nitrogen and oxygen atoms in total. The van der Waals surface area contributed by atoms with Crippen LogP contribution < -0.4 is 5.73 Å². The number of carbonyl (C=O) groups is 1. The molecule has 0 aliphatic carbocycles. The molecule has 0 atom stereocenters. The Balaban J connectivity index is 2.45. The van der Waals surface area contributed by atoms with Gasteiger partial charge in [-0.25, -0.2) is 0 Å². The predicted molar refractivity (Wildman–Crippen MR) is 59.6 cm³/mol. The second kappa shape index (κ2) is 4.29. The van der Waals surface area contributed by atoms with Gasteiger partial charge in [0, 0.05) is 5.39 Å². The molecule has 1 amide bonds. The minimum absolute atomic E-state index is 0.0308. The summed E-state index contributed by atoms with van der Waals surface area (Å²) in [5, 5.41) is 0.373. The Morgan fingerprint density at radius 2 is 1.94 bits per heavy atom. The zero-order valence-corrected chi connectivity index (χ0v) is 9.16.